The van der Waals surface area contributed by atoms with Crippen LogP contribution < -0.4 is 5.32 Å². The van der Waals surface area contributed by atoms with E-state index in [1.807, 2.05) is 6.08 Å². The summed E-state index contributed by atoms with van der Waals surface area (Å²) in [5.41, 5.74) is 0. The molecule has 0 aromatic heterocycles. The maximum Gasteiger partial charge on any atom is 0.225 e. The lowest BCUT2D eigenvalue weighted by atomic mass is 9.80. The van der Waals surface area contributed by atoms with Crippen molar-refractivity contribution in [3.8, 4) is 0 Å². The van der Waals surface area contributed by atoms with Crippen molar-refractivity contribution < 1.29 is 4.79 Å². The van der Waals surface area contributed by atoms with Crippen molar-refractivity contribution in [2.75, 3.05) is 0 Å². The number of β-lactam (4-membered cyclic amide) rings is 1. The number of carbonyl (C=O) groups excluding carboxylic acids is 1. The zero-order valence-electron chi connectivity index (χ0n) is 7.84. The third kappa shape index (κ3) is 1.68. The van der Waals surface area contributed by atoms with Crippen molar-refractivity contribution >= 4 is 5.91 Å². The van der Waals surface area contributed by atoms with Crippen molar-refractivity contribution in [3.05, 3.63) is 12.7 Å². The molecule has 1 N–H and O–H groups in total. The van der Waals surface area contributed by atoms with E-state index >= 15 is 0 Å². The number of carbonyl (C=O) groups is 1. The minimum atomic E-state index is 0.218. The first-order valence-corrected chi connectivity index (χ1v) is 4.58. The van der Waals surface area contributed by atoms with Gasteiger partial charge in [-0.3, -0.25) is 4.79 Å². The standard InChI is InChI=1S/C10H17NO/c1-4-5-6-8-9(7(2)3)11-10(8)12/h4,7-9H,1,5-6H2,2-3H3,(H,11,12)/t8-,9-/m0/s1. The fourth-order valence-electron chi connectivity index (χ4n) is 1.68. The van der Waals surface area contributed by atoms with E-state index in [1.54, 1.807) is 0 Å². The van der Waals surface area contributed by atoms with Crippen LogP contribution in [0.2, 0.25) is 0 Å². The van der Waals surface area contributed by atoms with Crippen molar-refractivity contribution in [2.24, 2.45) is 11.8 Å². The molecule has 0 aromatic carbocycles. The number of nitrogens with one attached hydrogen (secondary N) is 1. The Morgan fingerprint density at radius 2 is 2.33 bits per heavy atom. The SMILES string of the molecule is C=CCC[C@@H]1C(=O)N[C@H]1C(C)C. The largest absolute Gasteiger partial charge is 0.352 e. The van der Waals surface area contributed by atoms with Gasteiger partial charge in [-0.2, -0.15) is 0 Å². The summed E-state index contributed by atoms with van der Waals surface area (Å²) in [5, 5.41) is 2.93. The molecule has 0 unspecified atom stereocenters. The Morgan fingerprint density at radius 1 is 1.67 bits per heavy atom. The average molecular weight is 167 g/mol. The predicted octanol–water partition coefficient (Wildman–Crippen LogP) is 1.72. The average Bonchev–Trinajstić information content (AvgIpc) is 2.00. The summed E-state index contributed by atoms with van der Waals surface area (Å²) >= 11 is 0. The molecule has 0 aromatic rings. The van der Waals surface area contributed by atoms with Crippen LogP contribution in [0.3, 0.4) is 0 Å². The molecule has 1 aliphatic heterocycles. The number of allylic oxidation sites excluding steroid dienone is 1. The van der Waals surface area contributed by atoms with E-state index in [4.69, 9.17) is 0 Å². The summed E-state index contributed by atoms with van der Waals surface area (Å²) in [5.74, 6) is 1.01. The van der Waals surface area contributed by atoms with E-state index in [0.29, 0.717) is 12.0 Å². The molecule has 0 bridgehead atoms. The Bertz CT molecular complexity index is 186. The van der Waals surface area contributed by atoms with Crippen LogP contribution in [0.15, 0.2) is 12.7 Å². The van der Waals surface area contributed by atoms with Crippen LogP contribution in [0, 0.1) is 11.8 Å². The minimum absolute atomic E-state index is 0.218. The first-order valence-electron chi connectivity index (χ1n) is 4.58. The Kier molecular flexibility index (Phi) is 2.90. The topological polar surface area (TPSA) is 29.1 Å². The van der Waals surface area contributed by atoms with Gasteiger partial charge in [-0.15, -0.1) is 6.58 Å². The third-order valence-corrected chi connectivity index (χ3v) is 2.48. The normalized spacial score (nSPS) is 28.1. The third-order valence-electron chi connectivity index (χ3n) is 2.48. The molecule has 1 fully saturated rings. The van der Waals surface area contributed by atoms with E-state index in [0.717, 1.165) is 12.8 Å². The number of hydrogen-bond acceptors (Lipinski definition) is 1. The van der Waals surface area contributed by atoms with Gasteiger partial charge in [0.2, 0.25) is 5.91 Å². The second-order valence-corrected chi connectivity index (χ2v) is 3.75. The van der Waals surface area contributed by atoms with E-state index in [1.165, 1.54) is 0 Å². The summed E-state index contributed by atoms with van der Waals surface area (Å²) < 4.78 is 0. The Balaban J connectivity index is 2.38. The van der Waals surface area contributed by atoms with Gasteiger partial charge in [-0.25, -0.2) is 0 Å². The Hall–Kier alpha value is -0.790. The molecule has 1 heterocycles. The van der Waals surface area contributed by atoms with E-state index in [9.17, 15) is 4.79 Å². The summed E-state index contributed by atoms with van der Waals surface area (Å²) in [6, 6.07) is 0.400. The van der Waals surface area contributed by atoms with Crippen molar-refractivity contribution in [3.63, 3.8) is 0 Å². The van der Waals surface area contributed by atoms with Crippen LogP contribution >= 0.6 is 0 Å². The highest BCUT2D eigenvalue weighted by atomic mass is 16.2. The second kappa shape index (κ2) is 3.74. The van der Waals surface area contributed by atoms with Crippen molar-refractivity contribution in [1.82, 2.24) is 5.32 Å². The zero-order valence-corrected chi connectivity index (χ0v) is 7.84. The monoisotopic (exact) mass is 167 g/mol. The lowest BCUT2D eigenvalue weighted by molar-refractivity contribution is -0.136. The van der Waals surface area contributed by atoms with Crippen LogP contribution in [0.1, 0.15) is 26.7 Å². The van der Waals surface area contributed by atoms with Crippen LogP contribution in [-0.4, -0.2) is 11.9 Å². The highest BCUT2D eigenvalue weighted by Gasteiger charge is 2.39. The van der Waals surface area contributed by atoms with Crippen molar-refractivity contribution in [2.45, 2.75) is 32.7 Å². The van der Waals surface area contributed by atoms with Gasteiger partial charge in [-0.1, -0.05) is 19.9 Å². The van der Waals surface area contributed by atoms with Gasteiger partial charge in [0.05, 0.1) is 5.92 Å². The molecule has 1 saturated heterocycles. The molecule has 2 nitrogen and oxygen atoms in total. The molecular formula is C10H17NO. The van der Waals surface area contributed by atoms with Gasteiger partial charge < -0.3 is 5.32 Å². The first-order chi connectivity index (χ1) is 5.66. The fraction of sp³-hybridized carbons (Fsp3) is 0.700. The lowest BCUT2D eigenvalue weighted by Crippen LogP contribution is -2.60. The van der Waals surface area contributed by atoms with Gasteiger partial charge in [0.15, 0.2) is 0 Å². The molecule has 2 heteroatoms. The maximum atomic E-state index is 11.1. The summed E-state index contributed by atoms with van der Waals surface area (Å²) in [6.07, 6.45) is 3.78. The molecule has 0 saturated carbocycles. The van der Waals surface area contributed by atoms with E-state index in [-0.39, 0.29) is 11.8 Å². The number of hydrogen-bond donors (Lipinski definition) is 1. The number of rotatable bonds is 4. The predicted molar refractivity (Wildman–Crippen MR) is 49.7 cm³/mol. The summed E-state index contributed by atoms with van der Waals surface area (Å²) in [4.78, 5) is 11.1. The van der Waals surface area contributed by atoms with Gasteiger partial charge in [-0.05, 0) is 18.8 Å². The quantitative estimate of drug-likeness (QED) is 0.501. The van der Waals surface area contributed by atoms with Gasteiger partial charge in [0, 0.05) is 6.04 Å². The van der Waals surface area contributed by atoms with Gasteiger partial charge in [0.25, 0.3) is 0 Å². The van der Waals surface area contributed by atoms with Crippen LogP contribution in [0.25, 0.3) is 0 Å². The Morgan fingerprint density at radius 3 is 2.75 bits per heavy atom. The van der Waals surface area contributed by atoms with Gasteiger partial charge >= 0.3 is 0 Å². The highest BCUT2D eigenvalue weighted by molar-refractivity contribution is 5.85. The minimum Gasteiger partial charge on any atom is -0.352 e. The lowest BCUT2D eigenvalue weighted by Gasteiger charge is -2.39. The first kappa shape index (κ1) is 9.30. The van der Waals surface area contributed by atoms with Crippen LogP contribution in [0.5, 0.6) is 0 Å². The smallest absolute Gasteiger partial charge is 0.225 e. The van der Waals surface area contributed by atoms with Crippen LogP contribution in [-0.2, 0) is 4.79 Å². The highest BCUT2D eigenvalue weighted by Crippen LogP contribution is 2.26. The molecule has 0 aliphatic carbocycles. The summed E-state index contributed by atoms with van der Waals surface area (Å²) in [6.45, 7) is 7.94. The molecule has 68 valence electrons. The molecule has 1 aliphatic rings. The second-order valence-electron chi connectivity index (χ2n) is 3.75. The molecule has 1 amide bonds. The summed E-state index contributed by atoms with van der Waals surface area (Å²) in [7, 11) is 0. The molecule has 12 heavy (non-hydrogen) atoms. The van der Waals surface area contributed by atoms with E-state index in [2.05, 4.69) is 25.7 Å². The fourth-order valence-corrected chi connectivity index (χ4v) is 1.68. The van der Waals surface area contributed by atoms with Crippen LogP contribution in [0.4, 0.5) is 0 Å². The van der Waals surface area contributed by atoms with E-state index < -0.39 is 0 Å². The molecule has 2 atom stereocenters. The number of amides is 1. The molecule has 1 rings (SSSR count). The maximum absolute atomic E-state index is 11.1. The molecular weight excluding hydrogens is 150 g/mol. The van der Waals surface area contributed by atoms with Crippen molar-refractivity contribution in [1.29, 1.82) is 0 Å². The molecule has 0 radical (unpaired) electrons. The molecule has 0 spiro atoms. The Labute approximate surface area is 74.0 Å². The van der Waals surface area contributed by atoms with Gasteiger partial charge in [0.1, 0.15) is 0 Å². The zero-order chi connectivity index (χ0) is 9.14.